The molecule has 114 valence electrons. The Labute approximate surface area is 133 Å². The van der Waals surface area contributed by atoms with Crippen LogP contribution >= 0.6 is 0 Å². The van der Waals surface area contributed by atoms with Crippen LogP contribution in [0, 0.1) is 50.7 Å². The molecule has 1 aliphatic heterocycles. The van der Waals surface area contributed by atoms with Crippen LogP contribution in [-0.4, -0.2) is 16.7 Å². The normalized spacial score (nSPS) is 37.1. The summed E-state index contributed by atoms with van der Waals surface area (Å²) in [5, 5.41) is 42.6. The fourth-order valence-electron chi connectivity index (χ4n) is 4.07. The Morgan fingerprint density at radius 2 is 1.78 bits per heavy atom. The molecule has 1 saturated carbocycles. The first kappa shape index (κ1) is 15.0. The molecular formula is C17H14N4O2. The molecule has 1 aromatic rings. The van der Waals surface area contributed by atoms with E-state index in [4.69, 9.17) is 0 Å². The van der Waals surface area contributed by atoms with E-state index in [1.807, 2.05) is 18.2 Å². The lowest BCUT2D eigenvalue weighted by Crippen LogP contribution is -2.56. The molecule has 0 aromatic heterocycles. The van der Waals surface area contributed by atoms with Gasteiger partial charge < -0.3 is 10.4 Å². The number of hydrogen-bond donors (Lipinski definition) is 2. The molecule has 4 unspecified atom stereocenters. The highest BCUT2D eigenvalue weighted by Gasteiger charge is 2.76. The van der Waals surface area contributed by atoms with Crippen LogP contribution in [0.25, 0.3) is 0 Å². The number of hydrogen-bond acceptors (Lipinski definition) is 5. The van der Waals surface area contributed by atoms with Gasteiger partial charge in [-0.1, -0.05) is 37.3 Å². The van der Waals surface area contributed by atoms with Crippen molar-refractivity contribution < 1.29 is 9.90 Å². The molecule has 4 atom stereocenters. The molecule has 6 nitrogen and oxygen atoms in total. The Hall–Kier alpha value is -2.88. The molecule has 1 amide bonds. The maximum atomic E-state index is 12.5. The second-order valence-corrected chi connectivity index (χ2v) is 6.28. The minimum atomic E-state index is -1.89. The zero-order valence-electron chi connectivity index (χ0n) is 12.4. The van der Waals surface area contributed by atoms with Gasteiger partial charge in [-0.15, -0.1) is 0 Å². The van der Waals surface area contributed by atoms with Crippen molar-refractivity contribution in [1.29, 1.82) is 15.8 Å². The molecule has 1 saturated heterocycles. The van der Waals surface area contributed by atoms with E-state index in [2.05, 4.69) is 5.32 Å². The van der Waals surface area contributed by atoms with Gasteiger partial charge in [0, 0.05) is 18.3 Å². The number of nitriles is 3. The third-order valence-corrected chi connectivity index (χ3v) is 5.35. The second kappa shape index (κ2) is 4.56. The zero-order chi connectivity index (χ0) is 16.9. The van der Waals surface area contributed by atoms with E-state index in [0.29, 0.717) is 5.56 Å². The highest BCUT2D eigenvalue weighted by atomic mass is 16.3. The summed E-state index contributed by atoms with van der Waals surface area (Å²) >= 11 is 0. The Morgan fingerprint density at radius 3 is 2.30 bits per heavy atom. The fourth-order valence-corrected chi connectivity index (χ4v) is 4.07. The SMILES string of the molecule is CC1C(c2ccccc2)C(C#N)(C#N)C2(C#N)CC1(O)NC2=O. The topological polar surface area (TPSA) is 121 Å². The van der Waals surface area contributed by atoms with E-state index in [1.165, 1.54) is 0 Å². The molecule has 3 rings (SSSR count). The van der Waals surface area contributed by atoms with Gasteiger partial charge in [-0.25, -0.2) is 0 Å². The van der Waals surface area contributed by atoms with Crippen LogP contribution in [0.5, 0.6) is 0 Å². The fraction of sp³-hybridized carbons (Fsp3) is 0.412. The first-order chi connectivity index (χ1) is 10.9. The summed E-state index contributed by atoms with van der Waals surface area (Å²) in [7, 11) is 0. The van der Waals surface area contributed by atoms with Crippen LogP contribution in [0.3, 0.4) is 0 Å². The van der Waals surface area contributed by atoms with Crippen LogP contribution in [0.4, 0.5) is 0 Å². The van der Waals surface area contributed by atoms with Crippen molar-refractivity contribution in [3.05, 3.63) is 35.9 Å². The van der Waals surface area contributed by atoms with Gasteiger partial charge in [0.2, 0.25) is 5.91 Å². The summed E-state index contributed by atoms with van der Waals surface area (Å²) in [5.41, 5.74) is -4.71. The average Bonchev–Trinajstić information content (AvgIpc) is 2.82. The standard InChI is InChI=1S/C17H14N4O2/c1-11-13(12-5-3-2-4-6-12)16(9-19,10-20)15(8-18)7-17(11,23)21-14(15)22/h2-6,11,13,23H,7H2,1H3,(H,21,22). The van der Waals surface area contributed by atoms with Gasteiger partial charge in [-0.2, -0.15) is 15.8 Å². The predicted octanol–water partition coefficient (Wildman–Crippen LogP) is 1.17. The first-order valence-electron chi connectivity index (χ1n) is 7.24. The molecule has 1 aromatic carbocycles. The summed E-state index contributed by atoms with van der Waals surface area (Å²) in [6, 6.07) is 14.6. The lowest BCUT2D eigenvalue weighted by Gasteiger charge is -2.48. The first-order valence-corrected chi connectivity index (χ1v) is 7.24. The van der Waals surface area contributed by atoms with Crippen molar-refractivity contribution in [3.8, 4) is 18.2 Å². The molecular weight excluding hydrogens is 292 g/mol. The Kier molecular flexibility index (Phi) is 2.98. The molecule has 0 spiro atoms. The Balaban J connectivity index is 2.35. The van der Waals surface area contributed by atoms with Crippen LogP contribution in [0.15, 0.2) is 30.3 Å². The molecule has 23 heavy (non-hydrogen) atoms. The van der Waals surface area contributed by atoms with Crippen LogP contribution in [0.2, 0.25) is 0 Å². The van der Waals surface area contributed by atoms with E-state index in [-0.39, 0.29) is 6.42 Å². The van der Waals surface area contributed by atoms with Gasteiger partial charge in [-0.05, 0) is 5.56 Å². The summed E-state index contributed by atoms with van der Waals surface area (Å²) < 4.78 is 0. The minimum absolute atomic E-state index is 0.263. The molecule has 2 bridgehead atoms. The quantitative estimate of drug-likeness (QED) is 0.806. The van der Waals surface area contributed by atoms with Crippen LogP contribution in [-0.2, 0) is 4.79 Å². The lowest BCUT2D eigenvalue weighted by atomic mass is 9.49. The van der Waals surface area contributed by atoms with Gasteiger partial charge in [0.1, 0.15) is 5.72 Å². The van der Waals surface area contributed by atoms with Crippen molar-refractivity contribution in [1.82, 2.24) is 5.32 Å². The monoisotopic (exact) mass is 306 g/mol. The van der Waals surface area contributed by atoms with E-state index in [1.54, 1.807) is 37.3 Å². The number of fused-ring (bicyclic) bond motifs is 2. The number of carbonyl (C=O) groups is 1. The van der Waals surface area contributed by atoms with E-state index < -0.39 is 34.3 Å². The minimum Gasteiger partial charge on any atom is -0.371 e. The number of nitrogens with one attached hydrogen (secondary N) is 1. The maximum Gasteiger partial charge on any atom is 0.245 e. The highest BCUT2D eigenvalue weighted by molar-refractivity contribution is 5.92. The maximum absolute atomic E-state index is 12.5. The molecule has 2 fully saturated rings. The van der Waals surface area contributed by atoms with Crippen molar-refractivity contribution >= 4 is 5.91 Å². The number of carbonyl (C=O) groups excluding carboxylic acids is 1. The largest absolute Gasteiger partial charge is 0.371 e. The average molecular weight is 306 g/mol. The number of benzene rings is 1. The van der Waals surface area contributed by atoms with E-state index in [0.717, 1.165) is 0 Å². The molecule has 2 N–H and O–H groups in total. The van der Waals surface area contributed by atoms with Gasteiger partial charge in [0.15, 0.2) is 10.8 Å². The van der Waals surface area contributed by atoms with Crippen molar-refractivity contribution in [2.45, 2.75) is 25.0 Å². The van der Waals surface area contributed by atoms with Crippen molar-refractivity contribution in [2.75, 3.05) is 0 Å². The van der Waals surface area contributed by atoms with E-state index >= 15 is 0 Å². The third kappa shape index (κ3) is 1.55. The third-order valence-electron chi connectivity index (χ3n) is 5.35. The number of amides is 1. The van der Waals surface area contributed by atoms with Gasteiger partial charge >= 0.3 is 0 Å². The summed E-state index contributed by atoms with van der Waals surface area (Å²) in [6.07, 6.45) is -0.263. The highest BCUT2D eigenvalue weighted by Crippen LogP contribution is 2.64. The predicted molar refractivity (Wildman–Crippen MR) is 77.8 cm³/mol. The van der Waals surface area contributed by atoms with Crippen LogP contribution < -0.4 is 5.32 Å². The van der Waals surface area contributed by atoms with E-state index in [9.17, 15) is 25.7 Å². The van der Waals surface area contributed by atoms with Crippen molar-refractivity contribution in [2.24, 2.45) is 16.7 Å². The molecule has 1 aliphatic carbocycles. The van der Waals surface area contributed by atoms with Crippen molar-refractivity contribution in [3.63, 3.8) is 0 Å². The Bertz CT molecular complexity index is 787. The Morgan fingerprint density at radius 1 is 1.17 bits per heavy atom. The summed E-state index contributed by atoms with van der Waals surface area (Å²) in [4.78, 5) is 12.5. The molecule has 1 heterocycles. The summed E-state index contributed by atoms with van der Waals surface area (Å²) in [6.45, 7) is 1.69. The smallest absolute Gasteiger partial charge is 0.245 e. The molecule has 6 heteroatoms. The van der Waals surface area contributed by atoms with Gasteiger partial charge in [0.25, 0.3) is 0 Å². The lowest BCUT2D eigenvalue weighted by molar-refractivity contribution is -0.128. The van der Waals surface area contributed by atoms with Crippen LogP contribution in [0.1, 0.15) is 24.8 Å². The van der Waals surface area contributed by atoms with Gasteiger partial charge in [-0.3, -0.25) is 4.79 Å². The van der Waals surface area contributed by atoms with Gasteiger partial charge in [0.05, 0.1) is 18.2 Å². The number of nitrogens with zero attached hydrogens (tertiary/aromatic N) is 3. The summed E-state index contributed by atoms with van der Waals surface area (Å²) in [5.74, 6) is -2.12. The second-order valence-electron chi connectivity index (χ2n) is 6.28. The molecule has 0 radical (unpaired) electrons. The number of aliphatic hydroxyl groups is 1. The zero-order valence-corrected chi connectivity index (χ0v) is 12.4. The number of rotatable bonds is 1. The molecule has 2 aliphatic rings.